The fourth-order valence-corrected chi connectivity index (χ4v) is 8.18. The maximum Gasteiger partial charge on any atom is 0.149 e. The van der Waals surface area contributed by atoms with Gasteiger partial charge in [0.05, 0.1) is 26.4 Å². The molecule has 0 bridgehead atoms. The van der Waals surface area contributed by atoms with Crippen LogP contribution in [0.2, 0.25) is 0 Å². The molecule has 2 aromatic heterocycles. The molecule has 1 N–H and O–H groups in total. The minimum atomic E-state index is -2.98. The predicted molar refractivity (Wildman–Crippen MR) is 260 cm³/mol. The van der Waals surface area contributed by atoms with E-state index >= 15 is 0 Å². The predicted octanol–water partition coefficient (Wildman–Crippen LogP) is 15.3. The maximum atomic E-state index is 12.4. The van der Waals surface area contributed by atoms with Gasteiger partial charge in [-0.1, -0.05) is 151 Å². The van der Waals surface area contributed by atoms with Gasteiger partial charge < -0.3 is 5.11 Å². The van der Waals surface area contributed by atoms with E-state index in [9.17, 15) is 5.11 Å². The number of benzene rings is 7. The quantitative estimate of drug-likeness (QED) is 0.174. The Balaban J connectivity index is 1.32. The molecule has 0 spiro atoms. The smallest absolute Gasteiger partial charge is 0.149 e. The molecule has 0 fully saturated rings. The summed E-state index contributed by atoms with van der Waals surface area (Å²) in [5.74, 6) is 0.707. The molecule has 7 aromatic carbocycles. The van der Waals surface area contributed by atoms with Crippen molar-refractivity contribution >= 4 is 11.0 Å². The van der Waals surface area contributed by atoms with Crippen LogP contribution in [0.25, 0.3) is 83.9 Å². The molecule has 0 unspecified atom stereocenters. The normalized spacial score (nSPS) is 14.5. The highest BCUT2D eigenvalue weighted by molar-refractivity contribution is 5.98. The monoisotopic (exact) mass is 816 g/mol. The summed E-state index contributed by atoms with van der Waals surface area (Å²) in [6.45, 7) is 6.79. The van der Waals surface area contributed by atoms with Crippen molar-refractivity contribution in [1.29, 1.82) is 0 Å². The number of pyridine rings is 1. The van der Waals surface area contributed by atoms with Gasteiger partial charge in [0.25, 0.3) is 0 Å². The Morgan fingerprint density at radius 3 is 1.84 bits per heavy atom. The van der Waals surface area contributed by atoms with Gasteiger partial charge in [-0.15, -0.1) is 0 Å². The molecule has 9 aromatic rings. The number of fused-ring (bicyclic) bond motifs is 1. The average Bonchev–Trinajstić information content (AvgIpc) is 3.72. The summed E-state index contributed by atoms with van der Waals surface area (Å²) in [7, 11) is 0. The highest BCUT2D eigenvalue weighted by atomic mass is 16.3. The van der Waals surface area contributed by atoms with E-state index in [0.29, 0.717) is 28.2 Å². The number of nitrogens with zero attached hydrogens (tertiary/aromatic N) is 3. The zero-order chi connectivity index (χ0) is 50.9. The third-order valence-electron chi connectivity index (χ3n) is 11.5. The SMILES string of the molecule is [2H]c1c([2H])c(C([2H])([2H])[2H])c(-c2ccnc(-c3cc(-c4ccccc4)cc(-c4cccc5c4nc(-c4cc(C(C)(C)C)cc(C(C)(C)C)c4O)n5-c4ccc(-c5ccccc5)cc4)c3)c2)c(C([2H])([2H])[2H])c1[2H]. The van der Waals surface area contributed by atoms with Crippen molar-refractivity contribution in [2.75, 3.05) is 0 Å². The van der Waals surface area contributed by atoms with Crippen molar-refractivity contribution < 1.29 is 17.4 Å². The number of imidazole rings is 1. The second-order valence-corrected chi connectivity index (χ2v) is 17.9. The highest BCUT2D eigenvalue weighted by Gasteiger charge is 2.29. The average molecular weight is 817 g/mol. The lowest BCUT2D eigenvalue weighted by atomic mass is 9.79. The van der Waals surface area contributed by atoms with Crippen molar-refractivity contribution in [3.8, 4) is 78.6 Å². The standard InChI is InChI=1S/C58H53N3O/c1-37-17-15-18-38(2)53(37)42-29-30-59-51(34-42)45-32-43(40-21-13-10-14-22-40)31-44(33-45)48-23-16-24-52-54(48)60-56(49-35-46(57(3,4)5)36-50(55(49)62)58(6,7)8)61(52)47-27-25-41(26-28-47)39-19-11-9-12-20-39/h9-36,62H,1-8H3/i1D3,2D3,15D,17D,18D. The summed E-state index contributed by atoms with van der Waals surface area (Å²) in [6, 6.07) is 45.3. The third kappa shape index (κ3) is 7.62. The molecular weight excluding hydrogens is 755 g/mol. The number of hydrogen-bond donors (Lipinski definition) is 1. The van der Waals surface area contributed by atoms with Crippen molar-refractivity contribution in [2.45, 2.75) is 66.1 Å². The van der Waals surface area contributed by atoms with Crippen LogP contribution >= 0.6 is 0 Å². The van der Waals surface area contributed by atoms with Crippen LogP contribution in [0, 0.1) is 13.7 Å². The Labute approximate surface area is 378 Å². The highest BCUT2D eigenvalue weighted by Crippen LogP contribution is 2.45. The van der Waals surface area contributed by atoms with Gasteiger partial charge in [0.2, 0.25) is 0 Å². The first-order valence-electron chi connectivity index (χ1n) is 25.3. The van der Waals surface area contributed by atoms with Gasteiger partial charge in [0.15, 0.2) is 0 Å². The molecule has 2 heterocycles. The minimum absolute atomic E-state index is 0.136. The van der Waals surface area contributed by atoms with Gasteiger partial charge in [-0.2, -0.15) is 0 Å². The fourth-order valence-electron chi connectivity index (χ4n) is 8.18. The van der Waals surface area contributed by atoms with Crippen molar-refractivity contribution in [2.24, 2.45) is 0 Å². The maximum absolute atomic E-state index is 12.4. The molecule has 0 saturated heterocycles. The number of aromatic hydroxyl groups is 1. The molecule has 0 aliphatic rings. The second-order valence-electron chi connectivity index (χ2n) is 17.9. The summed E-state index contributed by atoms with van der Waals surface area (Å²) < 4.78 is 78.3. The fraction of sp³-hybridized carbons (Fsp3) is 0.172. The third-order valence-corrected chi connectivity index (χ3v) is 11.5. The Kier molecular flexibility index (Phi) is 7.86. The first kappa shape index (κ1) is 30.9. The Morgan fingerprint density at radius 1 is 0.565 bits per heavy atom. The van der Waals surface area contributed by atoms with Crippen molar-refractivity contribution in [1.82, 2.24) is 14.5 Å². The largest absolute Gasteiger partial charge is 0.507 e. The Morgan fingerprint density at radius 2 is 1.19 bits per heavy atom. The molecule has 0 amide bonds. The van der Waals surface area contributed by atoms with Gasteiger partial charge >= 0.3 is 0 Å². The number of rotatable bonds is 7. The Bertz CT molecular complexity index is 3450. The molecule has 62 heavy (non-hydrogen) atoms. The summed E-state index contributed by atoms with van der Waals surface area (Å²) in [5.41, 5.74) is 9.09. The molecular formula is C58H53N3O. The van der Waals surface area contributed by atoms with E-state index in [-0.39, 0.29) is 22.3 Å². The summed E-state index contributed by atoms with van der Waals surface area (Å²) in [6.07, 6.45) is 1.45. The van der Waals surface area contributed by atoms with E-state index < -0.39 is 48.4 Å². The van der Waals surface area contributed by atoms with Crippen LogP contribution in [0.4, 0.5) is 0 Å². The zero-order valence-electron chi connectivity index (χ0n) is 44.7. The molecule has 4 heteroatoms. The lowest BCUT2D eigenvalue weighted by molar-refractivity contribution is 0.446. The first-order valence-corrected chi connectivity index (χ1v) is 20.8. The molecule has 9 rings (SSSR count). The van der Waals surface area contributed by atoms with Gasteiger partial charge in [-0.05, 0) is 135 Å². The number of hydrogen-bond acceptors (Lipinski definition) is 3. The Hall–Kier alpha value is -7.04. The molecule has 0 radical (unpaired) electrons. The van der Waals surface area contributed by atoms with Crippen LogP contribution in [0.1, 0.15) is 76.1 Å². The number of aromatic nitrogens is 3. The van der Waals surface area contributed by atoms with Crippen molar-refractivity contribution in [3.63, 3.8) is 0 Å². The molecule has 0 aliphatic carbocycles. The number of phenols is 1. The first-order chi connectivity index (χ1) is 33.4. The molecule has 306 valence electrons. The second kappa shape index (κ2) is 15.8. The van der Waals surface area contributed by atoms with Crippen molar-refractivity contribution in [3.05, 3.63) is 192 Å². The van der Waals surface area contributed by atoms with Gasteiger partial charge in [0.1, 0.15) is 11.6 Å². The molecule has 4 nitrogen and oxygen atoms in total. The topological polar surface area (TPSA) is 50.9 Å². The van der Waals surface area contributed by atoms with Crippen LogP contribution in [0.5, 0.6) is 5.75 Å². The zero-order valence-corrected chi connectivity index (χ0v) is 35.7. The van der Waals surface area contributed by atoms with E-state index in [1.54, 1.807) is 6.07 Å². The van der Waals surface area contributed by atoms with E-state index in [1.165, 1.54) is 12.3 Å². The molecule has 0 atom stereocenters. The van der Waals surface area contributed by atoms with E-state index in [0.717, 1.165) is 55.7 Å². The van der Waals surface area contributed by atoms with Gasteiger partial charge in [-0.25, -0.2) is 4.98 Å². The minimum Gasteiger partial charge on any atom is -0.507 e. The summed E-state index contributed by atoms with van der Waals surface area (Å²) in [5, 5.41) is 12.4. The van der Waals surface area contributed by atoms with E-state index in [1.807, 2.05) is 84.9 Å². The number of phenolic OH excluding ortho intramolecular Hbond substituents is 1. The van der Waals surface area contributed by atoms with E-state index in [4.69, 9.17) is 22.3 Å². The van der Waals surface area contributed by atoms with Crippen LogP contribution in [-0.2, 0) is 10.8 Å². The van der Waals surface area contributed by atoms with Crippen LogP contribution in [-0.4, -0.2) is 19.6 Å². The van der Waals surface area contributed by atoms with E-state index in [2.05, 4.69) is 94.6 Å². The summed E-state index contributed by atoms with van der Waals surface area (Å²) >= 11 is 0. The molecule has 0 aliphatic heterocycles. The van der Waals surface area contributed by atoms with Gasteiger partial charge in [-0.3, -0.25) is 9.55 Å². The lowest BCUT2D eigenvalue weighted by Gasteiger charge is -2.27. The van der Waals surface area contributed by atoms with Crippen LogP contribution in [0.3, 0.4) is 0 Å². The molecule has 0 saturated carbocycles. The number of para-hydroxylation sites is 1. The van der Waals surface area contributed by atoms with Crippen LogP contribution < -0.4 is 0 Å². The summed E-state index contributed by atoms with van der Waals surface area (Å²) in [4.78, 5) is 10.2. The van der Waals surface area contributed by atoms with Crippen LogP contribution in [0.15, 0.2) is 170 Å². The van der Waals surface area contributed by atoms with Gasteiger partial charge in [0, 0.05) is 36.8 Å². The lowest BCUT2D eigenvalue weighted by Crippen LogP contribution is -2.17.